The lowest BCUT2D eigenvalue weighted by Gasteiger charge is -2.28. The molecule has 120 valence electrons. The maximum Gasteiger partial charge on any atom is 0.257 e. The number of piperidine rings is 1. The molecule has 8 heteroatoms. The quantitative estimate of drug-likeness (QED) is 0.513. The number of carbonyl (C=O) groups excluding carboxylic acids is 1. The third kappa shape index (κ3) is 4.28. The summed E-state index contributed by atoms with van der Waals surface area (Å²) in [6.07, 6.45) is 1.74. The van der Waals surface area contributed by atoms with Gasteiger partial charge in [0.15, 0.2) is 15.8 Å². The Morgan fingerprint density at radius 2 is 2.05 bits per heavy atom. The summed E-state index contributed by atoms with van der Waals surface area (Å²) in [6.45, 7) is 1.01. The second kappa shape index (κ2) is 6.89. The molecule has 0 bridgehead atoms. The van der Waals surface area contributed by atoms with Crippen LogP contribution in [0.15, 0.2) is 35.3 Å². The lowest BCUT2D eigenvalue weighted by molar-refractivity contribution is 0.0976. The molecule has 1 saturated heterocycles. The summed E-state index contributed by atoms with van der Waals surface area (Å²) in [6, 6.07) is 8.16. The van der Waals surface area contributed by atoms with E-state index in [1.165, 1.54) is 6.26 Å². The fourth-order valence-electron chi connectivity index (χ4n) is 2.39. The van der Waals surface area contributed by atoms with Crippen molar-refractivity contribution in [3.63, 3.8) is 0 Å². The highest BCUT2D eigenvalue weighted by Crippen LogP contribution is 2.15. The van der Waals surface area contributed by atoms with Gasteiger partial charge in [0.1, 0.15) is 0 Å². The first-order valence-corrected chi connectivity index (χ1v) is 8.92. The number of aliphatic imine (C=N–C) groups is 1. The molecule has 0 radical (unpaired) electrons. The van der Waals surface area contributed by atoms with Gasteiger partial charge < -0.3 is 11.1 Å². The summed E-state index contributed by atoms with van der Waals surface area (Å²) in [5, 5.41) is 4.89. The summed E-state index contributed by atoms with van der Waals surface area (Å²) in [4.78, 5) is 16.2. The van der Waals surface area contributed by atoms with Crippen LogP contribution in [0.1, 0.15) is 16.8 Å². The first-order chi connectivity index (χ1) is 10.4. The van der Waals surface area contributed by atoms with Gasteiger partial charge in [0.25, 0.3) is 5.91 Å². The van der Waals surface area contributed by atoms with Crippen LogP contribution >= 0.6 is 0 Å². The molecular weight excluding hydrogens is 304 g/mol. The van der Waals surface area contributed by atoms with Crippen LogP contribution in [0.2, 0.25) is 0 Å². The number of guanidine groups is 1. The lowest BCUT2D eigenvalue weighted by Crippen LogP contribution is -2.49. The second-order valence-electron chi connectivity index (χ2n) is 5.26. The van der Waals surface area contributed by atoms with Crippen molar-refractivity contribution in [2.45, 2.75) is 17.7 Å². The molecular formula is C14H20N4O3S. The molecule has 2 atom stereocenters. The van der Waals surface area contributed by atoms with E-state index >= 15 is 0 Å². The molecule has 7 nitrogen and oxygen atoms in total. The van der Waals surface area contributed by atoms with Crippen LogP contribution in [0.5, 0.6) is 0 Å². The number of nitrogens with one attached hydrogen (secondary N) is 2. The minimum Gasteiger partial charge on any atom is -0.370 e. The molecule has 4 N–H and O–H groups in total. The maximum atomic E-state index is 12.0. The van der Waals surface area contributed by atoms with Crippen molar-refractivity contribution in [1.29, 1.82) is 0 Å². The van der Waals surface area contributed by atoms with Crippen molar-refractivity contribution in [1.82, 2.24) is 10.6 Å². The fourth-order valence-corrected chi connectivity index (χ4v) is 3.58. The molecule has 1 aliphatic heterocycles. The predicted octanol–water partition coefficient (Wildman–Crippen LogP) is -0.494. The van der Waals surface area contributed by atoms with Crippen molar-refractivity contribution < 1.29 is 13.2 Å². The largest absolute Gasteiger partial charge is 0.370 e. The highest BCUT2D eigenvalue weighted by Gasteiger charge is 2.32. The third-order valence-electron chi connectivity index (χ3n) is 3.52. The topological polar surface area (TPSA) is 114 Å². The predicted molar refractivity (Wildman–Crippen MR) is 85.4 cm³/mol. The number of nitrogens with two attached hydrogens (primary N) is 1. The van der Waals surface area contributed by atoms with E-state index in [1.54, 1.807) is 30.3 Å². The Labute approximate surface area is 129 Å². The van der Waals surface area contributed by atoms with E-state index in [0.29, 0.717) is 25.1 Å². The van der Waals surface area contributed by atoms with Gasteiger partial charge in [-0.25, -0.2) is 13.4 Å². The van der Waals surface area contributed by atoms with E-state index in [4.69, 9.17) is 5.73 Å². The zero-order valence-corrected chi connectivity index (χ0v) is 13.1. The van der Waals surface area contributed by atoms with Gasteiger partial charge in [0, 0.05) is 18.4 Å². The molecule has 1 aromatic carbocycles. The van der Waals surface area contributed by atoms with Crippen molar-refractivity contribution in [2.75, 3.05) is 19.3 Å². The molecule has 1 amide bonds. The van der Waals surface area contributed by atoms with Crippen LogP contribution in [0, 0.1) is 0 Å². The van der Waals surface area contributed by atoms with Gasteiger partial charge in [-0.05, 0) is 25.1 Å². The Morgan fingerprint density at radius 3 is 2.68 bits per heavy atom. The Balaban J connectivity index is 2.09. The molecule has 1 aliphatic rings. The van der Waals surface area contributed by atoms with E-state index in [0.717, 1.165) is 0 Å². The standard InChI is InChI=1S/C14H20N4O3S/c1-22(20,21)12-9-16-8-7-11(12)17-14(15)18-13(19)10-5-3-2-4-6-10/h2-6,11-12,16H,7-9H2,1H3,(H3,15,17,18,19). The zero-order valence-electron chi connectivity index (χ0n) is 12.3. The molecule has 0 aromatic heterocycles. The molecule has 1 aromatic rings. The molecule has 0 spiro atoms. The molecule has 1 heterocycles. The first kappa shape index (κ1) is 16.4. The fraction of sp³-hybridized carbons (Fsp3) is 0.429. The van der Waals surface area contributed by atoms with Gasteiger partial charge in [0.2, 0.25) is 0 Å². The molecule has 2 rings (SSSR count). The van der Waals surface area contributed by atoms with Crippen LogP contribution in [0.25, 0.3) is 0 Å². The van der Waals surface area contributed by atoms with Crippen molar-refractivity contribution in [2.24, 2.45) is 10.7 Å². The van der Waals surface area contributed by atoms with Gasteiger partial charge in [-0.2, -0.15) is 0 Å². The van der Waals surface area contributed by atoms with Crippen LogP contribution in [-0.4, -0.2) is 50.9 Å². The normalized spacial score (nSPS) is 23.0. The first-order valence-electron chi connectivity index (χ1n) is 6.97. The van der Waals surface area contributed by atoms with Gasteiger partial charge >= 0.3 is 0 Å². The van der Waals surface area contributed by atoms with Crippen molar-refractivity contribution >= 4 is 21.7 Å². The van der Waals surface area contributed by atoms with Gasteiger partial charge in [-0.1, -0.05) is 18.2 Å². The summed E-state index contributed by atoms with van der Waals surface area (Å²) in [5.74, 6) is -0.430. The number of hydrogen-bond donors (Lipinski definition) is 3. The van der Waals surface area contributed by atoms with E-state index in [-0.39, 0.29) is 11.9 Å². The summed E-state index contributed by atoms with van der Waals surface area (Å²) in [5.41, 5.74) is 6.21. The molecule has 22 heavy (non-hydrogen) atoms. The Bertz CT molecular complexity index is 658. The highest BCUT2D eigenvalue weighted by molar-refractivity contribution is 7.91. The Hall–Kier alpha value is -1.93. The van der Waals surface area contributed by atoms with Crippen molar-refractivity contribution in [3.05, 3.63) is 35.9 Å². The van der Waals surface area contributed by atoms with E-state index < -0.39 is 21.1 Å². The maximum absolute atomic E-state index is 12.0. The summed E-state index contributed by atoms with van der Waals surface area (Å²) < 4.78 is 23.6. The smallest absolute Gasteiger partial charge is 0.257 e. The monoisotopic (exact) mass is 324 g/mol. The van der Waals surface area contributed by atoms with Crippen molar-refractivity contribution in [3.8, 4) is 0 Å². The number of benzene rings is 1. The number of rotatable bonds is 3. The molecule has 0 saturated carbocycles. The van der Waals surface area contributed by atoms with Crippen LogP contribution in [0.4, 0.5) is 0 Å². The highest BCUT2D eigenvalue weighted by atomic mass is 32.2. The zero-order chi connectivity index (χ0) is 16.2. The number of sulfone groups is 1. The van der Waals surface area contributed by atoms with Crippen LogP contribution < -0.4 is 16.4 Å². The molecule has 2 unspecified atom stereocenters. The molecule has 1 fully saturated rings. The van der Waals surface area contributed by atoms with Crippen LogP contribution in [0.3, 0.4) is 0 Å². The Morgan fingerprint density at radius 1 is 1.36 bits per heavy atom. The number of nitrogens with zero attached hydrogens (tertiary/aromatic N) is 1. The lowest BCUT2D eigenvalue weighted by atomic mass is 10.1. The Kier molecular flexibility index (Phi) is 5.15. The SMILES string of the molecule is CS(=O)(=O)C1CNCCC1N=C(N)NC(=O)c1ccccc1. The van der Waals surface area contributed by atoms with Gasteiger partial charge in [-0.3, -0.25) is 10.1 Å². The number of hydrogen-bond acceptors (Lipinski definition) is 5. The van der Waals surface area contributed by atoms with Gasteiger partial charge in [-0.15, -0.1) is 0 Å². The average molecular weight is 324 g/mol. The summed E-state index contributed by atoms with van der Waals surface area (Å²) in [7, 11) is -3.24. The minimum atomic E-state index is -3.24. The average Bonchev–Trinajstić information content (AvgIpc) is 2.47. The molecule has 0 aliphatic carbocycles. The summed E-state index contributed by atoms with van der Waals surface area (Å²) >= 11 is 0. The van der Waals surface area contributed by atoms with E-state index in [1.807, 2.05) is 0 Å². The van der Waals surface area contributed by atoms with E-state index in [2.05, 4.69) is 15.6 Å². The number of amides is 1. The van der Waals surface area contributed by atoms with Crippen LogP contribution in [-0.2, 0) is 9.84 Å². The third-order valence-corrected chi connectivity index (χ3v) is 5.10. The minimum absolute atomic E-state index is 0.0607. The number of carbonyl (C=O) groups is 1. The van der Waals surface area contributed by atoms with Gasteiger partial charge in [0.05, 0.1) is 11.3 Å². The second-order valence-corrected chi connectivity index (χ2v) is 7.53. The van der Waals surface area contributed by atoms with E-state index in [9.17, 15) is 13.2 Å².